The van der Waals surface area contributed by atoms with E-state index in [0.717, 1.165) is 15.7 Å². The van der Waals surface area contributed by atoms with E-state index in [1.807, 2.05) is 38.1 Å². The van der Waals surface area contributed by atoms with Crippen LogP contribution in [-0.4, -0.2) is 44.9 Å². The number of hydrogen-bond donors (Lipinski definition) is 0. The molecule has 0 aromatic heterocycles. The van der Waals surface area contributed by atoms with Crippen LogP contribution in [0.4, 0.5) is 5.69 Å². The van der Waals surface area contributed by atoms with Crippen molar-refractivity contribution in [3.8, 4) is 5.75 Å². The van der Waals surface area contributed by atoms with Crippen molar-refractivity contribution >= 4 is 37.5 Å². The lowest BCUT2D eigenvalue weighted by atomic mass is 10.2. The van der Waals surface area contributed by atoms with E-state index in [2.05, 4.69) is 15.9 Å². The summed E-state index contributed by atoms with van der Waals surface area (Å²) in [7, 11) is -3.50. The van der Waals surface area contributed by atoms with Gasteiger partial charge in [0.15, 0.2) is 0 Å². The van der Waals surface area contributed by atoms with Crippen molar-refractivity contribution in [2.45, 2.75) is 31.6 Å². The molecule has 29 heavy (non-hydrogen) atoms. The second-order valence-corrected chi connectivity index (χ2v) is 9.58. The summed E-state index contributed by atoms with van der Waals surface area (Å²) in [5, 5.41) is 0. The molecule has 0 radical (unpaired) electrons. The molecule has 0 atom stereocenters. The second kappa shape index (κ2) is 9.28. The monoisotopic (exact) mass is 480 g/mol. The third-order valence-electron chi connectivity index (χ3n) is 4.97. The molecule has 0 N–H and O–H groups in total. The highest BCUT2D eigenvalue weighted by Crippen LogP contribution is 2.31. The van der Waals surface area contributed by atoms with Gasteiger partial charge in [0, 0.05) is 29.8 Å². The molecule has 0 spiro atoms. The highest BCUT2D eigenvalue weighted by Gasteiger charge is 2.28. The number of fused-ring (bicyclic) bond motifs is 1. The van der Waals surface area contributed by atoms with E-state index in [9.17, 15) is 13.2 Å². The van der Waals surface area contributed by atoms with Crippen LogP contribution in [0.15, 0.2) is 51.8 Å². The van der Waals surface area contributed by atoms with E-state index in [0.29, 0.717) is 31.8 Å². The van der Waals surface area contributed by atoms with E-state index < -0.39 is 10.0 Å². The van der Waals surface area contributed by atoms with E-state index in [4.69, 9.17) is 4.74 Å². The zero-order valence-electron chi connectivity index (χ0n) is 16.6. The van der Waals surface area contributed by atoms with E-state index in [-0.39, 0.29) is 23.8 Å². The Labute approximate surface area is 180 Å². The summed E-state index contributed by atoms with van der Waals surface area (Å²) in [5.74, 6) is 0.679. The van der Waals surface area contributed by atoms with Gasteiger partial charge in [0.1, 0.15) is 5.75 Å². The van der Waals surface area contributed by atoms with Gasteiger partial charge in [-0.15, -0.1) is 0 Å². The van der Waals surface area contributed by atoms with Crippen LogP contribution in [0.5, 0.6) is 5.75 Å². The fourth-order valence-electron chi connectivity index (χ4n) is 3.46. The van der Waals surface area contributed by atoms with Gasteiger partial charge in [0.2, 0.25) is 15.9 Å². The number of nitrogens with zero attached hydrogens (tertiary/aromatic N) is 2. The molecular weight excluding hydrogens is 456 g/mol. The van der Waals surface area contributed by atoms with Gasteiger partial charge >= 0.3 is 0 Å². The maximum atomic E-state index is 12.7. The quantitative estimate of drug-likeness (QED) is 0.575. The molecule has 3 rings (SSSR count). The molecule has 1 aliphatic heterocycles. The van der Waals surface area contributed by atoms with Crippen molar-refractivity contribution in [3.05, 3.63) is 52.5 Å². The minimum Gasteiger partial charge on any atom is -0.493 e. The molecule has 0 saturated carbocycles. The fraction of sp³-hybridized carbons (Fsp3) is 0.381. The van der Waals surface area contributed by atoms with Crippen LogP contribution in [0, 0.1) is 0 Å². The second-order valence-electron chi connectivity index (χ2n) is 6.73. The summed E-state index contributed by atoms with van der Waals surface area (Å²) >= 11 is 3.39. The molecule has 0 bridgehead atoms. The van der Waals surface area contributed by atoms with Gasteiger partial charge in [0.25, 0.3) is 0 Å². The maximum absolute atomic E-state index is 12.7. The highest BCUT2D eigenvalue weighted by atomic mass is 79.9. The molecule has 1 amide bonds. The van der Waals surface area contributed by atoms with Gasteiger partial charge in [-0.05, 0) is 48.4 Å². The molecule has 6 nitrogen and oxygen atoms in total. The number of benzene rings is 2. The first-order chi connectivity index (χ1) is 13.9. The van der Waals surface area contributed by atoms with Crippen LogP contribution in [0.2, 0.25) is 0 Å². The summed E-state index contributed by atoms with van der Waals surface area (Å²) in [4.78, 5) is 14.7. The Bertz CT molecular complexity index is 990. The Hall–Kier alpha value is -1.90. The lowest BCUT2D eigenvalue weighted by molar-refractivity contribution is -0.119. The predicted octanol–water partition coefficient (Wildman–Crippen LogP) is 3.84. The van der Waals surface area contributed by atoms with Crippen molar-refractivity contribution in [2.75, 3.05) is 31.1 Å². The molecule has 1 heterocycles. The number of halogens is 1. The number of amides is 1. The molecule has 0 saturated heterocycles. The summed E-state index contributed by atoms with van der Waals surface area (Å²) in [6, 6.07) is 12.5. The SMILES string of the molecule is CCN(CC)S(=O)(=O)c1ccc2c(c1)CCN2C(=O)CCOc1cccc(Br)c1. The first-order valence-corrected chi connectivity index (χ1v) is 11.9. The first kappa shape index (κ1) is 21.8. The van der Waals surface area contributed by atoms with Crippen molar-refractivity contribution in [2.24, 2.45) is 0 Å². The van der Waals surface area contributed by atoms with Gasteiger partial charge in [-0.3, -0.25) is 4.79 Å². The van der Waals surface area contributed by atoms with Crippen molar-refractivity contribution < 1.29 is 17.9 Å². The minimum atomic E-state index is -3.50. The van der Waals surface area contributed by atoms with Crippen molar-refractivity contribution in [1.82, 2.24) is 4.31 Å². The van der Waals surface area contributed by atoms with Gasteiger partial charge in [-0.1, -0.05) is 35.8 Å². The molecule has 0 fully saturated rings. The van der Waals surface area contributed by atoms with Gasteiger partial charge in [-0.2, -0.15) is 4.31 Å². The topological polar surface area (TPSA) is 66.9 Å². The largest absolute Gasteiger partial charge is 0.493 e. The van der Waals surface area contributed by atoms with E-state index in [1.165, 1.54) is 4.31 Å². The van der Waals surface area contributed by atoms with Crippen LogP contribution < -0.4 is 9.64 Å². The third-order valence-corrected chi connectivity index (χ3v) is 7.51. The zero-order valence-corrected chi connectivity index (χ0v) is 19.0. The van der Waals surface area contributed by atoms with Gasteiger partial charge in [-0.25, -0.2) is 8.42 Å². The Morgan fingerprint density at radius 1 is 1.17 bits per heavy atom. The number of carbonyl (C=O) groups excluding carboxylic acids is 1. The number of carbonyl (C=O) groups is 1. The lowest BCUT2D eigenvalue weighted by Crippen LogP contribution is -2.31. The Morgan fingerprint density at radius 2 is 1.93 bits per heavy atom. The predicted molar refractivity (Wildman–Crippen MR) is 117 cm³/mol. The minimum absolute atomic E-state index is 0.0295. The van der Waals surface area contributed by atoms with Crippen LogP contribution in [-0.2, 0) is 21.2 Å². The molecule has 2 aromatic rings. The van der Waals surface area contributed by atoms with Crippen molar-refractivity contribution in [3.63, 3.8) is 0 Å². The maximum Gasteiger partial charge on any atom is 0.243 e. The number of rotatable bonds is 8. The van der Waals surface area contributed by atoms with E-state index >= 15 is 0 Å². The van der Waals surface area contributed by atoms with Crippen LogP contribution in [0.1, 0.15) is 25.8 Å². The molecule has 156 valence electrons. The normalized spacial score (nSPS) is 13.6. The van der Waals surface area contributed by atoms with Crippen LogP contribution in [0.3, 0.4) is 0 Å². The summed E-state index contributed by atoms with van der Waals surface area (Å²) in [5.41, 5.74) is 1.68. The van der Waals surface area contributed by atoms with Crippen LogP contribution >= 0.6 is 15.9 Å². The smallest absolute Gasteiger partial charge is 0.243 e. The summed E-state index contributed by atoms with van der Waals surface area (Å²) in [6.45, 7) is 5.35. The molecule has 1 aliphatic rings. The number of ether oxygens (including phenoxy) is 1. The van der Waals surface area contributed by atoms with E-state index in [1.54, 1.807) is 23.1 Å². The average Bonchev–Trinajstić information content (AvgIpc) is 3.12. The molecule has 0 aliphatic carbocycles. The number of sulfonamides is 1. The molecule has 8 heteroatoms. The third kappa shape index (κ3) is 4.82. The first-order valence-electron chi connectivity index (χ1n) is 9.68. The molecular formula is C21H25BrN2O4S. The van der Waals surface area contributed by atoms with Gasteiger partial charge in [0.05, 0.1) is 17.9 Å². The number of anilines is 1. The Morgan fingerprint density at radius 3 is 2.62 bits per heavy atom. The fourth-order valence-corrected chi connectivity index (χ4v) is 5.35. The summed E-state index contributed by atoms with van der Waals surface area (Å²) in [6.07, 6.45) is 0.903. The van der Waals surface area contributed by atoms with Crippen molar-refractivity contribution in [1.29, 1.82) is 0 Å². The highest BCUT2D eigenvalue weighted by molar-refractivity contribution is 9.10. The van der Waals surface area contributed by atoms with Crippen LogP contribution in [0.25, 0.3) is 0 Å². The Kier molecular flexibility index (Phi) is 6.97. The average molecular weight is 481 g/mol. The lowest BCUT2D eigenvalue weighted by Gasteiger charge is -2.20. The zero-order chi connectivity index (χ0) is 21.0. The standard InChI is InChI=1S/C21H25BrN2O4S/c1-3-23(4-2)29(26,27)19-8-9-20-16(14-19)10-12-24(20)21(25)11-13-28-18-7-5-6-17(22)15-18/h5-9,14-15H,3-4,10-13H2,1-2H3. The molecule has 0 unspecified atom stereocenters. The molecule has 2 aromatic carbocycles. The number of hydrogen-bond acceptors (Lipinski definition) is 4. The summed E-state index contributed by atoms with van der Waals surface area (Å²) < 4.78 is 33.5. The Balaban J connectivity index is 1.67. The van der Waals surface area contributed by atoms with Gasteiger partial charge < -0.3 is 9.64 Å².